The highest BCUT2D eigenvalue weighted by atomic mass is 16.7. The third-order valence-electron chi connectivity index (χ3n) is 6.97. The lowest BCUT2D eigenvalue weighted by molar-refractivity contribution is -0.160. The number of amides is 3. The van der Waals surface area contributed by atoms with Crippen LogP contribution in [0, 0.1) is 11.8 Å². The second-order valence-electron chi connectivity index (χ2n) is 14.2. The summed E-state index contributed by atoms with van der Waals surface area (Å²) in [5.41, 5.74) is -2.42. The van der Waals surface area contributed by atoms with Crippen molar-refractivity contribution in [3.05, 3.63) is 0 Å². The number of hydrogen-bond acceptors (Lipinski definition) is 8. The molecule has 41 heavy (non-hydrogen) atoms. The fourth-order valence-electron chi connectivity index (χ4n) is 4.28. The molecule has 1 fully saturated rings. The van der Waals surface area contributed by atoms with Crippen LogP contribution in [0.5, 0.6) is 0 Å². The molecule has 0 bridgehead atoms. The average Bonchev–Trinajstić information content (AvgIpc) is 2.95. The van der Waals surface area contributed by atoms with Gasteiger partial charge in [0.15, 0.2) is 0 Å². The highest BCUT2D eigenvalue weighted by Crippen LogP contribution is 2.38. The van der Waals surface area contributed by atoms with Gasteiger partial charge in [-0.2, -0.15) is 0 Å². The lowest BCUT2D eigenvalue weighted by Crippen LogP contribution is -2.54. The van der Waals surface area contributed by atoms with Crippen molar-refractivity contribution in [2.24, 2.45) is 11.8 Å². The van der Waals surface area contributed by atoms with Gasteiger partial charge in [0.25, 0.3) is 0 Å². The fraction of sp³-hybridized carbons (Fsp3) is 0.862. The molecule has 1 heterocycles. The van der Waals surface area contributed by atoms with E-state index >= 15 is 0 Å². The first kappa shape index (κ1) is 36.7. The molecule has 0 spiro atoms. The maximum Gasteiger partial charge on any atom is 0.457 e. The first-order valence-electron chi connectivity index (χ1n) is 14.6. The van der Waals surface area contributed by atoms with Gasteiger partial charge >= 0.3 is 19.2 Å². The molecule has 1 aliphatic heterocycles. The van der Waals surface area contributed by atoms with Crippen LogP contribution in [0.25, 0.3) is 0 Å². The van der Waals surface area contributed by atoms with Crippen molar-refractivity contribution in [2.45, 2.75) is 144 Å². The highest BCUT2D eigenvalue weighted by Gasteiger charge is 2.50. The van der Waals surface area contributed by atoms with E-state index in [0.29, 0.717) is 19.2 Å². The molecule has 3 N–H and O–H groups in total. The van der Waals surface area contributed by atoms with E-state index in [1.54, 1.807) is 41.5 Å². The Hall–Kier alpha value is -2.34. The van der Waals surface area contributed by atoms with Crippen LogP contribution in [0.1, 0.15) is 103 Å². The fourth-order valence-corrected chi connectivity index (χ4v) is 4.28. The van der Waals surface area contributed by atoms with Gasteiger partial charge in [-0.3, -0.25) is 9.59 Å². The van der Waals surface area contributed by atoms with Crippen molar-refractivity contribution in [2.75, 3.05) is 6.54 Å². The van der Waals surface area contributed by atoms with E-state index in [0.717, 1.165) is 0 Å². The van der Waals surface area contributed by atoms with E-state index in [9.17, 15) is 19.2 Å². The van der Waals surface area contributed by atoms with Gasteiger partial charge in [-0.15, -0.1) is 0 Å². The predicted octanol–water partition coefficient (Wildman–Crippen LogP) is 3.99. The molecule has 0 aromatic rings. The van der Waals surface area contributed by atoms with Gasteiger partial charge in [0, 0.05) is 19.4 Å². The van der Waals surface area contributed by atoms with E-state index in [-0.39, 0.29) is 12.5 Å². The second kappa shape index (κ2) is 14.2. The predicted molar refractivity (Wildman–Crippen MR) is 158 cm³/mol. The van der Waals surface area contributed by atoms with Gasteiger partial charge in [0.05, 0.1) is 11.2 Å². The van der Waals surface area contributed by atoms with Crippen LogP contribution in [0.4, 0.5) is 4.79 Å². The topological polar surface area (TPSA) is 141 Å². The summed E-state index contributed by atoms with van der Waals surface area (Å²) in [6, 6.07) is -1.86. The van der Waals surface area contributed by atoms with Gasteiger partial charge in [0.2, 0.25) is 11.8 Å². The van der Waals surface area contributed by atoms with Crippen LogP contribution >= 0.6 is 0 Å². The Morgan fingerprint density at radius 3 is 1.78 bits per heavy atom. The molecule has 3 amide bonds. The van der Waals surface area contributed by atoms with Crippen LogP contribution in [0.3, 0.4) is 0 Å². The molecule has 1 saturated heterocycles. The molecular formula is C29H54BN3O8. The number of ether oxygens (including phenoxy) is 2. The third kappa shape index (κ3) is 12.6. The zero-order valence-corrected chi connectivity index (χ0v) is 27.5. The van der Waals surface area contributed by atoms with Crippen LogP contribution in [0.2, 0.25) is 6.32 Å². The maximum absolute atomic E-state index is 13.2. The summed E-state index contributed by atoms with van der Waals surface area (Å²) in [7, 11) is -0.417. The molecule has 0 unspecified atom stereocenters. The molecule has 0 saturated carbocycles. The van der Waals surface area contributed by atoms with Crippen LogP contribution in [-0.4, -0.2) is 72.0 Å². The summed E-state index contributed by atoms with van der Waals surface area (Å²) >= 11 is 0. The molecule has 0 aromatic carbocycles. The molecule has 1 aliphatic rings. The van der Waals surface area contributed by atoms with Gasteiger partial charge in [-0.25, -0.2) is 9.59 Å². The minimum atomic E-state index is -0.998. The molecule has 0 aliphatic carbocycles. The number of alkyl carbamates (subject to hydrolysis) is 1. The Bertz CT molecular complexity index is 908. The summed E-state index contributed by atoms with van der Waals surface area (Å²) < 4.78 is 23.2. The van der Waals surface area contributed by atoms with Crippen molar-refractivity contribution in [1.82, 2.24) is 16.0 Å². The minimum Gasteiger partial charge on any atom is -0.458 e. The average molecular weight is 584 g/mol. The van der Waals surface area contributed by atoms with Crippen molar-refractivity contribution >= 4 is 31.0 Å². The SMILES string of the molecule is CC(=O)N[C@H](C(=O)OC(C)(C)C)[C@H](CCCB1OC(C)(C)C(C)(C)O1)CNC(=O)[C@@H](NC(=O)OC(C)(C)C)C(C)C. The molecule has 3 atom stereocenters. The quantitative estimate of drug-likeness (QED) is 0.231. The highest BCUT2D eigenvalue weighted by molar-refractivity contribution is 6.45. The first-order valence-corrected chi connectivity index (χ1v) is 14.6. The third-order valence-corrected chi connectivity index (χ3v) is 6.97. The Morgan fingerprint density at radius 1 is 0.829 bits per heavy atom. The summed E-state index contributed by atoms with van der Waals surface area (Å²) in [5, 5.41) is 8.24. The lowest BCUT2D eigenvalue weighted by Gasteiger charge is -2.32. The van der Waals surface area contributed by atoms with Crippen molar-refractivity contribution in [1.29, 1.82) is 0 Å². The lowest BCUT2D eigenvalue weighted by atomic mass is 9.80. The van der Waals surface area contributed by atoms with Crippen LogP contribution in [0.15, 0.2) is 0 Å². The van der Waals surface area contributed by atoms with E-state index < -0.39 is 71.4 Å². The molecule has 0 radical (unpaired) electrons. The Balaban J connectivity index is 3.09. The Labute approximate surface area is 247 Å². The largest absolute Gasteiger partial charge is 0.458 e. The van der Waals surface area contributed by atoms with Crippen molar-refractivity contribution in [3.63, 3.8) is 0 Å². The normalized spacial score (nSPS) is 18.7. The second-order valence-corrected chi connectivity index (χ2v) is 14.2. The van der Waals surface area contributed by atoms with Crippen molar-refractivity contribution < 1.29 is 38.0 Å². The van der Waals surface area contributed by atoms with E-state index in [2.05, 4.69) is 16.0 Å². The van der Waals surface area contributed by atoms with E-state index in [1.165, 1.54) is 6.92 Å². The summed E-state index contributed by atoms with van der Waals surface area (Å²) in [6.07, 6.45) is 0.920. The summed E-state index contributed by atoms with van der Waals surface area (Å²) in [5.74, 6) is -2.15. The molecule has 12 heteroatoms. The monoisotopic (exact) mass is 583 g/mol. The first-order chi connectivity index (χ1) is 18.4. The van der Waals surface area contributed by atoms with E-state index in [1.807, 2.05) is 41.5 Å². The number of nitrogens with one attached hydrogen (secondary N) is 3. The van der Waals surface area contributed by atoms with Gasteiger partial charge in [-0.1, -0.05) is 20.3 Å². The number of hydrogen-bond donors (Lipinski definition) is 3. The smallest absolute Gasteiger partial charge is 0.457 e. The van der Waals surface area contributed by atoms with Gasteiger partial charge in [-0.05, 0) is 87.9 Å². The molecule has 236 valence electrons. The van der Waals surface area contributed by atoms with Crippen LogP contribution in [-0.2, 0) is 33.2 Å². The molecule has 11 nitrogen and oxygen atoms in total. The Kier molecular flexibility index (Phi) is 12.7. The maximum atomic E-state index is 13.2. The van der Waals surface area contributed by atoms with Gasteiger partial charge < -0.3 is 34.7 Å². The number of esters is 1. The zero-order chi connectivity index (χ0) is 32.0. The number of rotatable bonds is 12. The summed E-state index contributed by atoms with van der Waals surface area (Å²) in [6.45, 7) is 23.4. The zero-order valence-electron chi connectivity index (χ0n) is 27.5. The number of carbonyl (C=O) groups excluding carboxylic acids is 4. The molecular weight excluding hydrogens is 529 g/mol. The number of carbonyl (C=O) groups is 4. The summed E-state index contributed by atoms with van der Waals surface area (Å²) in [4.78, 5) is 51.0. The Morgan fingerprint density at radius 2 is 1.34 bits per heavy atom. The molecule has 0 aromatic heterocycles. The van der Waals surface area contributed by atoms with Crippen LogP contribution < -0.4 is 16.0 Å². The standard InChI is InChI=1S/C29H54BN3O8/c1-18(2)21(33-25(37)39-27(7,8)9)23(35)31-17-20(22(32-19(3)34)24(36)38-26(4,5)6)15-14-16-30-40-28(10,11)29(12,13)41-30/h18,20-22H,14-17H2,1-13H3,(H,31,35)(H,32,34)(H,33,37)/t20-,21+,22+/m1/s1. The van der Waals surface area contributed by atoms with Crippen molar-refractivity contribution in [3.8, 4) is 0 Å². The van der Waals surface area contributed by atoms with Gasteiger partial charge in [0.1, 0.15) is 23.3 Å². The minimum absolute atomic E-state index is 0.0611. The van der Waals surface area contributed by atoms with E-state index in [4.69, 9.17) is 18.8 Å². The molecule has 1 rings (SSSR count).